The molecule has 0 spiro atoms. The molecule has 0 fully saturated rings. The molecular weight excluding hydrogens is 244 g/mol. The first-order valence-electron chi connectivity index (χ1n) is 4.84. The fourth-order valence-corrected chi connectivity index (χ4v) is 1.84. The molecule has 0 bridgehead atoms. The van der Waals surface area contributed by atoms with Crippen molar-refractivity contribution < 1.29 is 4.21 Å². The Morgan fingerprint density at radius 2 is 2.25 bits per heavy atom. The van der Waals surface area contributed by atoms with Gasteiger partial charge in [-0.25, -0.2) is 9.97 Å². The molecule has 1 unspecified atom stereocenters. The lowest BCUT2D eigenvalue weighted by Crippen LogP contribution is -2.19. The Kier molecular flexibility index (Phi) is 5.27. The van der Waals surface area contributed by atoms with Crippen molar-refractivity contribution in [3.63, 3.8) is 0 Å². The van der Waals surface area contributed by atoms with Gasteiger partial charge in [-0.2, -0.15) is 0 Å². The highest BCUT2D eigenvalue weighted by Gasteiger charge is 2.07. The number of rotatable bonds is 6. The molecule has 1 heterocycles. The minimum atomic E-state index is -0.793. The molecule has 1 rings (SSSR count). The average Bonchev–Trinajstić information content (AvgIpc) is 2.29. The topological polar surface area (TPSA) is 80.9 Å². The number of hydrogen-bond acceptors (Lipinski definition) is 5. The zero-order valence-corrected chi connectivity index (χ0v) is 10.6. The smallest absolute Gasteiger partial charge is 0.155 e. The summed E-state index contributed by atoms with van der Waals surface area (Å²) >= 11 is 4.85. The van der Waals surface area contributed by atoms with Gasteiger partial charge in [0.05, 0.1) is 0 Å². The van der Waals surface area contributed by atoms with Crippen LogP contribution in [0.5, 0.6) is 0 Å². The van der Waals surface area contributed by atoms with Gasteiger partial charge in [0.25, 0.3) is 0 Å². The summed E-state index contributed by atoms with van der Waals surface area (Å²) in [5.74, 6) is 1.77. The lowest BCUT2D eigenvalue weighted by atomic mass is 10.4. The monoisotopic (exact) mass is 258 g/mol. The maximum atomic E-state index is 11.2. The van der Waals surface area contributed by atoms with Crippen molar-refractivity contribution in [1.29, 1.82) is 0 Å². The fourth-order valence-electron chi connectivity index (χ4n) is 1.08. The van der Waals surface area contributed by atoms with E-state index in [0.29, 0.717) is 29.6 Å². The Hall–Kier alpha value is -1.08. The van der Waals surface area contributed by atoms with Crippen molar-refractivity contribution in [1.82, 2.24) is 9.97 Å². The van der Waals surface area contributed by atoms with Crippen LogP contribution in [0.25, 0.3) is 0 Å². The van der Waals surface area contributed by atoms with E-state index in [1.165, 1.54) is 6.20 Å². The summed E-state index contributed by atoms with van der Waals surface area (Å²) < 4.78 is 11.2. The van der Waals surface area contributed by atoms with Gasteiger partial charge in [-0.15, -0.1) is 0 Å². The Balaban J connectivity index is 2.60. The highest BCUT2D eigenvalue weighted by molar-refractivity contribution is 7.84. The van der Waals surface area contributed by atoms with E-state index in [2.05, 4.69) is 15.3 Å². The van der Waals surface area contributed by atoms with Crippen LogP contribution in [-0.2, 0) is 10.8 Å². The van der Waals surface area contributed by atoms with E-state index in [0.717, 1.165) is 0 Å². The number of hydrogen-bond donors (Lipinski definition) is 2. The van der Waals surface area contributed by atoms with E-state index in [4.69, 9.17) is 18.0 Å². The van der Waals surface area contributed by atoms with Crippen molar-refractivity contribution in [3.8, 4) is 0 Å². The maximum Gasteiger partial charge on any atom is 0.155 e. The Morgan fingerprint density at radius 3 is 2.88 bits per heavy atom. The molecule has 0 aromatic carbocycles. The standard InChI is InChI=1S/C9H14N4OS2/c1-2-16(14)6-5-13-9-7(8(10)15)11-3-4-12-9/h3-4H,2,5-6H2,1H3,(H2,10,15)(H,12,13). The molecule has 0 saturated carbocycles. The Morgan fingerprint density at radius 1 is 1.56 bits per heavy atom. The second kappa shape index (κ2) is 6.49. The zero-order chi connectivity index (χ0) is 12.0. The van der Waals surface area contributed by atoms with Crippen LogP contribution in [0, 0.1) is 0 Å². The Labute approximate surface area is 102 Å². The number of anilines is 1. The van der Waals surface area contributed by atoms with Gasteiger partial charge in [-0.1, -0.05) is 19.1 Å². The van der Waals surface area contributed by atoms with Gasteiger partial charge < -0.3 is 11.1 Å². The van der Waals surface area contributed by atoms with Gasteiger partial charge in [-0.05, 0) is 0 Å². The highest BCUT2D eigenvalue weighted by atomic mass is 32.2. The summed E-state index contributed by atoms with van der Waals surface area (Å²) in [7, 11) is -0.793. The van der Waals surface area contributed by atoms with Crippen molar-refractivity contribution in [2.75, 3.05) is 23.4 Å². The lowest BCUT2D eigenvalue weighted by Gasteiger charge is -2.08. The molecule has 3 N–H and O–H groups in total. The number of aromatic nitrogens is 2. The molecule has 5 nitrogen and oxygen atoms in total. The molecule has 0 saturated heterocycles. The normalized spacial score (nSPS) is 12.1. The van der Waals surface area contributed by atoms with Gasteiger partial charge >= 0.3 is 0 Å². The molecule has 88 valence electrons. The zero-order valence-electron chi connectivity index (χ0n) is 8.97. The molecule has 1 aromatic rings. The summed E-state index contributed by atoms with van der Waals surface area (Å²) in [4.78, 5) is 8.31. The third-order valence-corrected chi connectivity index (χ3v) is 3.37. The summed E-state index contributed by atoms with van der Waals surface area (Å²) in [6.07, 6.45) is 3.09. The van der Waals surface area contributed by atoms with Gasteiger partial charge in [0.15, 0.2) is 5.82 Å². The minimum Gasteiger partial charge on any atom is -0.388 e. The summed E-state index contributed by atoms with van der Waals surface area (Å²) in [5.41, 5.74) is 5.97. The van der Waals surface area contributed by atoms with E-state index in [-0.39, 0.29) is 4.99 Å². The van der Waals surface area contributed by atoms with E-state index in [1.54, 1.807) is 6.20 Å². The van der Waals surface area contributed by atoms with Crippen LogP contribution in [0.4, 0.5) is 5.82 Å². The van der Waals surface area contributed by atoms with Crippen LogP contribution in [0.3, 0.4) is 0 Å². The van der Waals surface area contributed by atoms with Crippen LogP contribution in [0.15, 0.2) is 12.4 Å². The molecule has 0 aliphatic rings. The molecule has 0 aliphatic carbocycles. The minimum absolute atomic E-state index is 0.201. The SMILES string of the molecule is CCS(=O)CCNc1nccnc1C(N)=S. The molecule has 0 aliphatic heterocycles. The van der Waals surface area contributed by atoms with Crippen LogP contribution in [0.1, 0.15) is 12.6 Å². The first-order chi connectivity index (χ1) is 7.65. The summed E-state index contributed by atoms with van der Waals surface area (Å²) in [6.45, 7) is 2.45. The lowest BCUT2D eigenvalue weighted by molar-refractivity contribution is 0.684. The first kappa shape index (κ1) is 13.0. The van der Waals surface area contributed by atoms with Crippen molar-refractivity contribution >= 4 is 33.8 Å². The quantitative estimate of drug-likeness (QED) is 0.714. The van der Waals surface area contributed by atoms with E-state index in [9.17, 15) is 4.21 Å². The molecule has 0 radical (unpaired) electrons. The number of nitrogens with two attached hydrogens (primary N) is 1. The molecule has 16 heavy (non-hydrogen) atoms. The summed E-state index contributed by atoms with van der Waals surface area (Å²) in [5, 5.41) is 3.03. The average molecular weight is 258 g/mol. The second-order valence-electron chi connectivity index (χ2n) is 2.98. The van der Waals surface area contributed by atoms with E-state index >= 15 is 0 Å². The molecule has 1 atom stereocenters. The molecular formula is C9H14N4OS2. The van der Waals surface area contributed by atoms with Gasteiger partial charge in [0.2, 0.25) is 0 Å². The second-order valence-corrected chi connectivity index (χ2v) is 5.28. The van der Waals surface area contributed by atoms with Gasteiger partial charge in [-0.3, -0.25) is 4.21 Å². The molecule has 1 aromatic heterocycles. The van der Waals surface area contributed by atoms with Crippen molar-refractivity contribution in [3.05, 3.63) is 18.1 Å². The largest absolute Gasteiger partial charge is 0.388 e. The van der Waals surface area contributed by atoms with Gasteiger partial charge in [0.1, 0.15) is 10.7 Å². The predicted molar refractivity (Wildman–Crippen MR) is 70.0 cm³/mol. The van der Waals surface area contributed by atoms with Crippen LogP contribution < -0.4 is 11.1 Å². The summed E-state index contributed by atoms with van der Waals surface area (Å²) in [6, 6.07) is 0. The number of nitrogens with one attached hydrogen (secondary N) is 1. The third kappa shape index (κ3) is 3.82. The van der Waals surface area contributed by atoms with E-state index < -0.39 is 10.8 Å². The third-order valence-electron chi connectivity index (χ3n) is 1.88. The number of nitrogens with zero attached hydrogens (tertiary/aromatic N) is 2. The fraction of sp³-hybridized carbons (Fsp3) is 0.444. The van der Waals surface area contributed by atoms with Gasteiger partial charge in [0, 0.05) is 41.2 Å². The highest BCUT2D eigenvalue weighted by Crippen LogP contribution is 2.07. The maximum absolute atomic E-state index is 11.2. The first-order valence-corrected chi connectivity index (χ1v) is 6.74. The van der Waals surface area contributed by atoms with Crippen LogP contribution >= 0.6 is 12.2 Å². The van der Waals surface area contributed by atoms with E-state index in [1.807, 2.05) is 6.92 Å². The predicted octanol–water partition coefficient (Wildman–Crippen LogP) is 0.291. The molecule has 0 amide bonds. The number of thiocarbonyl (C=S) groups is 1. The van der Waals surface area contributed by atoms with Crippen LogP contribution in [0.2, 0.25) is 0 Å². The molecule has 7 heteroatoms. The van der Waals surface area contributed by atoms with Crippen LogP contribution in [-0.4, -0.2) is 37.2 Å². The van der Waals surface area contributed by atoms with Crippen molar-refractivity contribution in [2.45, 2.75) is 6.92 Å². The van der Waals surface area contributed by atoms with Crippen molar-refractivity contribution in [2.24, 2.45) is 5.73 Å². The Bertz CT molecular complexity index is 397.